The molecule has 1 saturated carbocycles. The highest BCUT2D eigenvalue weighted by Gasteiger charge is 2.24. The second-order valence-corrected chi connectivity index (χ2v) is 3.89. The molecule has 1 fully saturated rings. The molecule has 1 aromatic heterocycles. The first-order valence-corrected chi connectivity index (χ1v) is 4.83. The normalized spacial score (nSPS) is 15.5. The fourth-order valence-electron chi connectivity index (χ4n) is 0.907. The number of nitrogens with one attached hydrogen (secondary N) is 1. The third-order valence-electron chi connectivity index (χ3n) is 1.74. The zero-order valence-electron chi connectivity index (χ0n) is 6.83. The van der Waals surface area contributed by atoms with Gasteiger partial charge in [0.25, 0.3) is 5.91 Å². The van der Waals surface area contributed by atoms with E-state index in [1.807, 2.05) is 0 Å². The summed E-state index contributed by atoms with van der Waals surface area (Å²) in [6.07, 6.45) is 5.27. The van der Waals surface area contributed by atoms with Gasteiger partial charge in [0.1, 0.15) is 0 Å². The van der Waals surface area contributed by atoms with E-state index in [0.717, 1.165) is 17.3 Å². The third-order valence-corrected chi connectivity index (χ3v) is 2.15. The maximum absolute atomic E-state index is 11.4. The van der Waals surface area contributed by atoms with Crippen LogP contribution >= 0.6 is 15.9 Å². The van der Waals surface area contributed by atoms with Crippen LogP contribution in [0.15, 0.2) is 16.9 Å². The van der Waals surface area contributed by atoms with Crippen LogP contribution in [0.2, 0.25) is 0 Å². The number of hydrogen-bond donors (Lipinski definition) is 1. The Hall–Kier alpha value is -0.970. The molecule has 0 saturated heterocycles. The van der Waals surface area contributed by atoms with Crippen LogP contribution in [0.3, 0.4) is 0 Å². The lowest BCUT2D eigenvalue weighted by molar-refractivity contribution is 0.0940. The van der Waals surface area contributed by atoms with E-state index in [4.69, 9.17) is 0 Å². The van der Waals surface area contributed by atoms with Crippen molar-refractivity contribution in [1.29, 1.82) is 0 Å². The van der Waals surface area contributed by atoms with Gasteiger partial charge in [-0.2, -0.15) is 0 Å². The summed E-state index contributed by atoms with van der Waals surface area (Å²) in [4.78, 5) is 19.1. The second-order valence-electron chi connectivity index (χ2n) is 2.97. The smallest absolute Gasteiger partial charge is 0.289 e. The lowest BCUT2D eigenvalue weighted by atomic mass is 10.5. The zero-order valence-corrected chi connectivity index (χ0v) is 8.41. The molecule has 4 nitrogen and oxygen atoms in total. The molecule has 5 heteroatoms. The summed E-state index contributed by atoms with van der Waals surface area (Å²) < 4.78 is 0.774. The Bertz CT molecular complexity index is 321. The maximum Gasteiger partial charge on any atom is 0.289 e. The van der Waals surface area contributed by atoms with Gasteiger partial charge in [0.2, 0.25) is 5.82 Å². The largest absolute Gasteiger partial charge is 0.347 e. The number of hydrogen-bond acceptors (Lipinski definition) is 3. The summed E-state index contributed by atoms with van der Waals surface area (Å²) in [6, 6.07) is 0.347. The molecule has 0 radical (unpaired) electrons. The molecule has 0 atom stereocenters. The summed E-state index contributed by atoms with van der Waals surface area (Å²) in [6.45, 7) is 0. The molecule has 1 aliphatic carbocycles. The van der Waals surface area contributed by atoms with Crippen LogP contribution in [-0.4, -0.2) is 21.9 Å². The second kappa shape index (κ2) is 3.41. The van der Waals surface area contributed by atoms with E-state index >= 15 is 0 Å². The monoisotopic (exact) mass is 241 g/mol. The lowest BCUT2D eigenvalue weighted by Gasteiger charge is -2.00. The van der Waals surface area contributed by atoms with Crippen LogP contribution < -0.4 is 5.32 Å². The summed E-state index contributed by atoms with van der Waals surface area (Å²) in [7, 11) is 0. The van der Waals surface area contributed by atoms with Gasteiger partial charge in [-0.15, -0.1) is 0 Å². The fourth-order valence-corrected chi connectivity index (χ4v) is 1.11. The predicted molar refractivity (Wildman–Crippen MR) is 50.2 cm³/mol. The molecule has 1 aromatic rings. The van der Waals surface area contributed by atoms with Crippen molar-refractivity contribution in [3.8, 4) is 0 Å². The lowest BCUT2D eigenvalue weighted by Crippen LogP contribution is -2.27. The Morgan fingerprint density at radius 3 is 2.62 bits per heavy atom. The van der Waals surface area contributed by atoms with E-state index in [1.165, 1.54) is 0 Å². The standard InChI is InChI=1S/C8H8BrN3O/c9-5-3-10-7(11-4-5)8(13)12-6-1-2-6/h3-4,6H,1-2H2,(H,12,13). The molecule has 0 bridgehead atoms. The van der Waals surface area contributed by atoms with Gasteiger partial charge in [-0.25, -0.2) is 9.97 Å². The van der Waals surface area contributed by atoms with Crippen LogP contribution in [0.1, 0.15) is 23.5 Å². The van der Waals surface area contributed by atoms with Crippen LogP contribution in [0, 0.1) is 0 Å². The average Bonchev–Trinajstić information content (AvgIpc) is 2.89. The molecule has 0 spiro atoms. The number of amides is 1. The van der Waals surface area contributed by atoms with E-state index in [2.05, 4.69) is 31.2 Å². The first-order chi connectivity index (χ1) is 6.25. The Balaban J connectivity index is 2.05. The molecular weight excluding hydrogens is 234 g/mol. The molecule has 0 aliphatic heterocycles. The van der Waals surface area contributed by atoms with Gasteiger partial charge < -0.3 is 5.32 Å². The van der Waals surface area contributed by atoms with Gasteiger partial charge >= 0.3 is 0 Å². The quantitative estimate of drug-likeness (QED) is 0.845. The SMILES string of the molecule is O=C(NC1CC1)c1ncc(Br)cn1. The average molecular weight is 242 g/mol. The molecule has 0 aromatic carbocycles. The highest BCUT2D eigenvalue weighted by atomic mass is 79.9. The van der Waals surface area contributed by atoms with Gasteiger partial charge in [0.15, 0.2) is 0 Å². The summed E-state index contributed by atoms with van der Waals surface area (Å²) in [5, 5.41) is 2.81. The van der Waals surface area contributed by atoms with Crippen LogP contribution in [0.4, 0.5) is 0 Å². The minimum atomic E-state index is -0.185. The van der Waals surface area contributed by atoms with E-state index < -0.39 is 0 Å². The van der Waals surface area contributed by atoms with Crippen LogP contribution in [0.25, 0.3) is 0 Å². The number of carbonyl (C=O) groups excluding carboxylic acids is 1. The summed E-state index contributed by atoms with van der Waals surface area (Å²) in [5.41, 5.74) is 0. The zero-order chi connectivity index (χ0) is 9.26. The van der Waals surface area contributed by atoms with Crippen molar-refractivity contribution in [2.45, 2.75) is 18.9 Å². The molecular formula is C8H8BrN3O. The van der Waals surface area contributed by atoms with Gasteiger partial charge in [0.05, 0.1) is 4.47 Å². The van der Waals surface area contributed by atoms with E-state index in [-0.39, 0.29) is 11.7 Å². The van der Waals surface area contributed by atoms with Gasteiger partial charge in [-0.3, -0.25) is 4.79 Å². The molecule has 13 heavy (non-hydrogen) atoms. The fraction of sp³-hybridized carbons (Fsp3) is 0.375. The van der Waals surface area contributed by atoms with Crippen molar-refractivity contribution in [3.05, 3.63) is 22.7 Å². The number of aromatic nitrogens is 2. The number of nitrogens with zero attached hydrogens (tertiary/aromatic N) is 2. The molecule has 1 aliphatic rings. The van der Waals surface area contributed by atoms with E-state index in [0.29, 0.717) is 6.04 Å². The summed E-state index contributed by atoms with van der Waals surface area (Å²) in [5.74, 6) is 0.0464. The first-order valence-electron chi connectivity index (χ1n) is 4.04. The Morgan fingerprint density at radius 2 is 2.08 bits per heavy atom. The number of carbonyl (C=O) groups is 1. The molecule has 1 N–H and O–H groups in total. The minimum Gasteiger partial charge on any atom is -0.347 e. The molecule has 1 heterocycles. The van der Waals surface area contributed by atoms with Gasteiger partial charge in [-0.05, 0) is 28.8 Å². The number of rotatable bonds is 2. The van der Waals surface area contributed by atoms with E-state index in [1.54, 1.807) is 12.4 Å². The van der Waals surface area contributed by atoms with Crippen molar-refractivity contribution in [2.24, 2.45) is 0 Å². The van der Waals surface area contributed by atoms with Crippen molar-refractivity contribution in [2.75, 3.05) is 0 Å². The van der Waals surface area contributed by atoms with Crippen LogP contribution in [0.5, 0.6) is 0 Å². The molecule has 0 unspecified atom stereocenters. The highest BCUT2D eigenvalue weighted by Crippen LogP contribution is 2.18. The summed E-state index contributed by atoms with van der Waals surface area (Å²) >= 11 is 3.20. The molecule has 68 valence electrons. The Labute approximate surface area is 83.9 Å². The van der Waals surface area contributed by atoms with Gasteiger partial charge in [-0.1, -0.05) is 0 Å². The van der Waals surface area contributed by atoms with Crippen molar-refractivity contribution in [3.63, 3.8) is 0 Å². The van der Waals surface area contributed by atoms with Crippen molar-refractivity contribution < 1.29 is 4.79 Å². The predicted octanol–water partition coefficient (Wildman–Crippen LogP) is 1.13. The van der Waals surface area contributed by atoms with E-state index in [9.17, 15) is 4.79 Å². The molecule has 1 amide bonds. The van der Waals surface area contributed by atoms with Crippen molar-refractivity contribution >= 4 is 21.8 Å². The number of halogens is 1. The highest BCUT2D eigenvalue weighted by molar-refractivity contribution is 9.10. The van der Waals surface area contributed by atoms with Crippen LogP contribution in [-0.2, 0) is 0 Å². The minimum absolute atomic E-state index is 0.185. The Morgan fingerprint density at radius 1 is 1.46 bits per heavy atom. The maximum atomic E-state index is 11.4. The first kappa shape index (κ1) is 8.62. The third kappa shape index (κ3) is 2.24. The van der Waals surface area contributed by atoms with Gasteiger partial charge in [0, 0.05) is 18.4 Å². The Kier molecular flexibility index (Phi) is 2.26. The van der Waals surface area contributed by atoms with Crippen molar-refractivity contribution in [1.82, 2.24) is 15.3 Å². The molecule has 2 rings (SSSR count). The topological polar surface area (TPSA) is 54.9 Å².